The van der Waals surface area contributed by atoms with E-state index in [-0.39, 0.29) is 5.02 Å². The van der Waals surface area contributed by atoms with Crippen LogP contribution in [0.1, 0.15) is 22.3 Å². The van der Waals surface area contributed by atoms with Gasteiger partial charge in [0.15, 0.2) is 5.13 Å². The number of aryl methyl sites for hydroxylation is 2. The Kier molecular flexibility index (Phi) is 6.33. The number of aromatic nitrogens is 1. The van der Waals surface area contributed by atoms with Gasteiger partial charge in [0.05, 0.1) is 15.6 Å². The van der Waals surface area contributed by atoms with Crippen molar-refractivity contribution in [1.29, 1.82) is 0 Å². The third kappa shape index (κ3) is 4.17. The monoisotopic (exact) mass is 493 g/mol. The average Bonchev–Trinajstić information content (AvgIpc) is 3.25. The van der Waals surface area contributed by atoms with Crippen LogP contribution >= 0.6 is 22.9 Å². The van der Waals surface area contributed by atoms with Crippen LogP contribution in [0.2, 0.25) is 5.02 Å². The Morgan fingerprint density at radius 2 is 1.62 bits per heavy atom. The number of benzene rings is 2. The van der Waals surface area contributed by atoms with E-state index in [1.54, 1.807) is 16.4 Å². The molecule has 5 nitrogen and oxygen atoms in total. The normalized spacial score (nSPS) is 15.4. The number of nitrogens with zero attached hydrogens (tertiary/aromatic N) is 3. The first-order chi connectivity index (χ1) is 15.1. The van der Waals surface area contributed by atoms with E-state index in [2.05, 4.69) is 9.88 Å². The lowest BCUT2D eigenvalue weighted by Crippen LogP contribution is -2.49. The van der Waals surface area contributed by atoms with Crippen molar-refractivity contribution in [3.05, 3.63) is 62.7 Å². The van der Waals surface area contributed by atoms with Crippen molar-refractivity contribution in [3.63, 3.8) is 0 Å². The Bertz CT molecular complexity index is 1260. The third-order valence-corrected chi connectivity index (χ3v) is 9.48. The summed E-state index contributed by atoms with van der Waals surface area (Å²) in [5.74, 6) is -0.461. The van der Waals surface area contributed by atoms with Crippen LogP contribution in [0, 0.1) is 33.5 Å². The maximum atomic E-state index is 13.5. The van der Waals surface area contributed by atoms with Crippen LogP contribution in [0.25, 0.3) is 11.3 Å². The van der Waals surface area contributed by atoms with Gasteiger partial charge in [0.2, 0.25) is 10.0 Å². The number of thiazole rings is 1. The molecular weight excluding hydrogens is 469 g/mol. The van der Waals surface area contributed by atoms with Crippen molar-refractivity contribution in [2.45, 2.75) is 32.6 Å². The molecule has 0 spiro atoms. The third-order valence-electron chi connectivity index (χ3n) is 6.11. The zero-order valence-corrected chi connectivity index (χ0v) is 20.8. The zero-order chi connectivity index (χ0) is 23.2. The van der Waals surface area contributed by atoms with Gasteiger partial charge in [-0.15, -0.1) is 11.3 Å². The van der Waals surface area contributed by atoms with Crippen LogP contribution in [0.4, 0.5) is 9.52 Å². The molecule has 32 heavy (non-hydrogen) atoms. The molecule has 1 saturated heterocycles. The van der Waals surface area contributed by atoms with Crippen molar-refractivity contribution < 1.29 is 12.8 Å². The topological polar surface area (TPSA) is 53.5 Å². The summed E-state index contributed by atoms with van der Waals surface area (Å²) >= 11 is 7.38. The molecule has 1 aliphatic rings. The lowest BCUT2D eigenvalue weighted by Gasteiger charge is -2.34. The van der Waals surface area contributed by atoms with Gasteiger partial charge in [0.25, 0.3) is 0 Å². The predicted molar refractivity (Wildman–Crippen MR) is 129 cm³/mol. The van der Waals surface area contributed by atoms with Crippen LogP contribution in [-0.4, -0.2) is 43.9 Å². The van der Waals surface area contributed by atoms with Crippen molar-refractivity contribution in [3.8, 4) is 11.3 Å². The zero-order valence-electron chi connectivity index (χ0n) is 18.4. The second kappa shape index (κ2) is 8.74. The van der Waals surface area contributed by atoms with E-state index in [1.165, 1.54) is 17.4 Å². The second-order valence-electron chi connectivity index (χ2n) is 8.12. The highest BCUT2D eigenvalue weighted by molar-refractivity contribution is 7.89. The number of hydrogen-bond donors (Lipinski definition) is 0. The van der Waals surface area contributed by atoms with Gasteiger partial charge in [-0.3, -0.25) is 0 Å². The first-order valence-electron chi connectivity index (χ1n) is 10.3. The van der Waals surface area contributed by atoms with Gasteiger partial charge in [-0.25, -0.2) is 17.8 Å². The Hall–Kier alpha value is -2.00. The standard InChI is InChI=1S/C23H25ClFN3O2S2/c1-14-11-15(2)17(4)22(16(14)3)32(29,30)28-9-7-27(8-10-28)23-26-21(13-31-23)18-5-6-20(25)19(24)12-18/h5-6,11-13H,7-10H2,1-4H3. The first kappa shape index (κ1) is 23.2. The van der Waals surface area contributed by atoms with Crippen LogP contribution in [0.15, 0.2) is 34.5 Å². The van der Waals surface area contributed by atoms with Crippen LogP contribution in [-0.2, 0) is 10.0 Å². The van der Waals surface area contributed by atoms with Crippen LogP contribution in [0.5, 0.6) is 0 Å². The molecule has 0 atom stereocenters. The van der Waals surface area contributed by atoms with Gasteiger partial charge in [0.1, 0.15) is 5.82 Å². The molecular formula is C23H25ClFN3O2S2. The summed E-state index contributed by atoms with van der Waals surface area (Å²) in [6, 6.07) is 6.58. The smallest absolute Gasteiger partial charge is 0.243 e. The summed E-state index contributed by atoms with van der Waals surface area (Å²) in [7, 11) is -3.58. The molecule has 0 saturated carbocycles. The molecule has 2 aromatic carbocycles. The molecule has 0 aliphatic carbocycles. The molecule has 1 aromatic heterocycles. The largest absolute Gasteiger partial charge is 0.345 e. The molecule has 0 N–H and O–H groups in total. The minimum Gasteiger partial charge on any atom is -0.345 e. The number of piperazine rings is 1. The highest BCUT2D eigenvalue weighted by Crippen LogP contribution is 2.32. The Labute approximate surface area is 197 Å². The Balaban J connectivity index is 1.52. The van der Waals surface area contributed by atoms with E-state index in [1.807, 2.05) is 39.1 Å². The van der Waals surface area contributed by atoms with Gasteiger partial charge in [-0.05, 0) is 68.1 Å². The maximum absolute atomic E-state index is 13.5. The lowest BCUT2D eigenvalue weighted by atomic mass is 10.0. The van der Waals surface area contributed by atoms with E-state index in [9.17, 15) is 12.8 Å². The highest BCUT2D eigenvalue weighted by atomic mass is 35.5. The number of rotatable bonds is 4. The number of hydrogen-bond acceptors (Lipinski definition) is 5. The lowest BCUT2D eigenvalue weighted by molar-refractivity contribution is 0.384. The number of anilines is 1. The van der Waals surface area contributed by atoms with E-state index in [0.29, 0.717) is 31.1 Å². The summed E-state index contributed by atoms with van der Waals surface area (Å²) in [6.45, 7) is 9.56. The minimum absolute atomic E-state index is 0.0628. The number of halogens is 2. The van der Waals surface area contributed by atoms with E-state index in [4.69, 9.17) is 11.6 Å². The fourth-order valence-electron chi connectivity index (χ4n) is 4.01. The number of sulfonamides is 1. The van der Waals surface area contributed by atoms with E-state index in [0.717, 1.165) is 38.6 Å². The Morgan fingerprint density at radius 3 is 2.22 bits per heavy atom. The fourth-order valence-corrected chi connectivity index (χ4v) is 7.08. The molecule has 170 valence electrons. The highest BCUT2D eigenvalue weighted by Gasteiger charge is 2.32. The van der Waals surface area contributed by atoms with Crippen LogP contribution < -0.4 is 4.90 Å². The molecule has 0 unspecified atom stereocenters. The average molecular weight is 494 g/mol. The molecule has 0 bridgehead atoms. The molecule has 1 fully saturated rings. The summed E-state index contributed by atoms with van der Waals surface area (Å²) in [5, 5.41) is 2.79. The molecule has 2 heterocycles. The van der Waals surface area contributed by atoms with Gasteiger partial charge in [-0.1, -0.05) is 17.7 Å². The molecule has 0 radical (unpaired) electrons. The van der Waals surface area contributed by atoms with Gasteiger partial charge in [0, 0.05) is 37.1 Å². The SMILES string of the molecule is Cc1cc(C)c(C)c(S(=O)(=O)N2CCN(c3nc(-c4ccc(F)c(Cl)c4)cs3)CC2)c1C. The molecule has 3 aromatic rings. The summed E-state index contributed by atoms with van der Waals surface area (Å²) in [4.78, 5) is 7.20. The molecule has 0 amide bonds. The van der Waals surface area contributed by atoms with E-state index < -0.39 is 15.8 Å². The van der Waals surface area contributed by atoms with Crippen molar-refractivity contribution in [2.24, 2.45) is 0 Å². The molecule has 4 rings (SSSR count). The van der Waals surface area contributed by atoms with Crippen LogP contribution in [0.3, 0.4) is 0 Å². The van der Waals surface area contributed by atoms with Gasteiger partial charge in [-0.2, -0.15) is 4.31 Å². The quantitative estimate of drug-likeness (QED) is 0.491. The summed E-state index contributed by atoms with van der Waals surface area (Å²) in [6.07, 6.45) is 0. The molecule has 9 heteroatoms. The minimum atomic E-state index is -3.58. The summed E-state index contributed by atoms with van der Waals surface area (Å²) in [5.41, 5.74) is 5.09. The fraction of sp³-hybridized carbons (Fsp3) is 0.348. The van der Waals surface area contributed by atoms with Crippen molar-refractivity contribution >= 4 is 38.1 Å². The van der Waals surface area contributed by atoms with Crippen molar-refractivity contribution in [2.75, 3.05) is 31.1 Å². The first-order valence-corrected chi connectivity index (χ1v) is 13.0. The maximum Gasteiger partial charge on any atom is 0.243 e. The summed E-state index contributed by atoms with van der Waals surface area (Å²) < 4.78 is 42.0. The second-order valence-corrected chi connectivity index (χ2v) is 11.2. The molecule has 1 aliphatic heterocycles. The Morgan fingerprint density at radius 1 is 1.00 bits per heavy atom. The van der Waals surface area contributed by atoms with Crippen molar-refractivity contribution in [1.82, 2.24) is 9.29 Å². The van der Waals surface area contributed by atoms with Gasteiger partial charge >= 0.3 is 0 Å². The van der Waals surface area contributed by atoms with Gasteiger partial charge < -0.3 is 4.90 Å². The predicted octanol–water partition coefficient (Wildman–Crippen LogP) is 5.35. The van der Waals surface area contributed by atoms with E-state index >= 15 is 0 Å².